The van der Waals surface area contributed by atoms with E-state index in [9.17, 15) is 23.6 Å². The van der Waals surface area contributed by atoms with Gasteiger partial charge in [0.15, 0.2) is 0 Å². The van der Waals surface area contributed by atoms with Crippen molar-refractivity contribution in [2.75, 3.05) is 19.7 Å². The first kappa shape index (κ1) is 26.7. The fourth-order valence-corrected chi connectivity index (χ4v) is 3.77. The SMILES string of the molecule is CC(C)[C@@H]1NC(=O)C[C@@H](C(=O)NCCc2cccc(F)c2)NC(=O)c2ccccc2OCCNC1=O. The van der Waals surface area contributed by atoms with E-state index in [1.807, 2.05) is 0 Å². The molecule has 192 valence electrons. The molecule has 1 aliphatic rings. The average molecular weight is 499 g/mol. The number of fused-ring (bicyclic) bond motifs is 1. The Labute approximate surface area is 209 Å². The van der Waals surface area contributed by atoms with Crippen LogP contribution in [0.1, 0.15) is 36.2 Å². The molecule has 0 radical (unpaired) electrons. The highest BCUT2D eigenvalue weighted by Crippen LogP contribution is 2.18. The maximum absolute atomic E-state index is 13.4. The Balaban J connectivity index is 1.79. The van der Waals surface area contributed by atoms with E-state index in [0.29, 0.717) is 12.0 Å². The molecule has 0 unspecified atom stereocenters. The van der Waals surface area contributed by atoms with Gasteiger partial charge in [0.2, 0.25) is 17.7 Å². The molecule has 0 saturated heterocycles. The molecule has 0 aromatic heterocycles. The molecule has 1 heterocycles. The Hall–Kier alpha value is -3.95. The number of nitrogens with one attached hydrogen (secondary N) is 4. The molecule has 0 saturated carbocycles. The fourth-order valence-electron chi connectivity index (χ4n) is 3.77. The normalized spacial score (nSPS) is 19.2. The van der Waals surface area contributed by atoms with E-state index < -0.39 is 29.8 Å². The van der Waals surface area contributed by atoms with Gasteiger partial charge in [0.1, 0.15) is 30.3 Å². The summed E-state index contributed by atoms with van der Waals surface area (Å²) in [5.41, 5.74) is 0.888. The number of hydrogen-bond donors (Lipinski definition) is 4. The molecule has 2 atom stereocenters. The first-order valence-electron chi connectivity index (χ1n) is 11.9. The predicted octanol–water partition coefficient (Wildman–Crippen LogP) is 1.32. The van der Waals surface area contributed by atoms with Gasteiger partial charge in [-0.2, -0.15) is 0 Å². The highest BCUT2D eigenvalue weighted by Gasteiger charge is 2.29. The molecule has 9 nitrogen and oxygen atoms in total. The van der Waals surface area contributed by atoms with Crippen molar-refractivity contribution in [3.8, 4) is 5.75 Å². The minimum atomic E-state index is -1.21. The van der Waals surface area contributed by atoms with Crippen LogP contribution in [0, 0.1) is 11.7 Å². The zero-order valence-corrected chi connectivity index (χ0v) is 20.3. The summed E-state index contributed by atoms with van der Waals surface area (Å²) in [4.78, 5) is 51.5. The lowest BCUT2D eigenvalue weighted by Gasteiger charge is -2.24. The first-order chi connectivity index (χ1) is 17.2. The van der Waals surface area contributed by atoms with Gasteiger partial charge in [-0.1, -0.05) is 38.1 Å². The zero-order valence-electron chi connectivity index (χ0n) is 20.3. The van der Waals surface area contributed by atoms with Crippen molar-refractivity contribution < 1.29 is 28.3 Å². The summed E-state index contributed by atoms with van der Waals surface area (Å²) in [6.45, 7) is 4.05. The number of rotatable bonds is 5. The molecular formula is C26H31FN4O5. The van der Waals surface area contributed by atoms with Crippen LogP contribution < -0.4 is 26.0 Å². The summed E-state index contributed by atoms with van der Waals surface area (Å²) >= 11 is 0. The summed E-state index contributed by atoms with van der Waals surface area (Å²) in [6.07, 6.45) is -0.0142. The van der Waals surface area contributed by atoms with E-state index in [-0.39, 0.29) is 55.1 Å². The molecular weight excluding hydrogens is 467 g/mol. The maximum atomic E-state index is 13.4. The zero-order chi connectivity index (χ0) is 26.1. The Morgan fingerprint density at radius 2 is 1.89 bits per heavy atom. The molecule has 0 aliphatic carbocycles. The molecule has 4 N–H and O–H groups in total. The lowest BCUT2D eigenvalue weighted by molar-refractivity contribution is -0.131. The number of halogens is 1. The third kappa shape index (κ3) is 7.53. The van der Waals surface area contributed by atoms with Gasteiger partial charge in [-0.05, 0) is 42.2 Å². The van der Waals surface area contributed by atoms with Crippen LogP contribution in [0.5, 0.6) is 5.75 Å². The lowest BCUT2D eigenvalue weighted by Crippen LogP contribution is -2.54. The Bertz CT molecular complexity index is 1110. The largest absolute Gasteiger partial charge is 0.491 e. The smallest absolute Gasteiger partial charge is 0.255 e. The second-order valence-corrected chi connectivity index (χ2v) is 8.83. The average Bonchev–Trinajstić information content (AvgIpc) is 2.84. The van der Waals surface area contributed by atoms with E-state index in [1.165, 1.54) is 12.1 Å². The van der Waals surface area contributed by atoms with Crippen LogP contribution in [0.4, 0.5) is 4.39 Å². The molecule has 0 bridgehead atoms. The van der Waals surface area contributed by atoms with Crippen molar-refractivity contribution >= 4 is 23.6 Å². The van der Waals surface area contributed by atoms with E-state index in [2.05, 4.69) is 21.3 Å². The highest BCUT2D eigenvalue weighted by atomic mass is 19.1. The van der Waals surface area contributed by atoms with E-state index in [4.69, 9.17) is 4.74 Å². The molecule has 3 rings (SSSR count). The van der Waals surface area contributed by atoms with Gasteiger partial charge in [-0.25, -0.2) is 4.39 Å². The van der Waals surface area contributed by atoms with Crippen LogP contribution >= 0.6 is 0 Å². The number of benzene rings is 2. The molecule has 0 spiro atoms. The summed E-state index contributed by atoms with van der Waals surface area (Å²) < 4.78 is 19.1. The summed E-state index contributed by atoms with van der Waals surface area (Å²) in [5.74, 6) is -2.38. The third-order valence-electron chi connectivity index (χ3n) is 5.67. The number of ether oxygens (including phenoxy) is 1. The second-order valence-electron chi connectivity index (χ2n) is 8.83. The Morgan fingerprint density at radius 1 is 1.11 bits per heavy atom. The number of carbonyl (C=O) groups excluding carboxylic acids is 4. The summed E-state index contributed by atoms with van der Waals surface area (Å²) in [7, 11) is 0. The second kappa shape index (κ2) is 12.7. The quantitative estimate of drug-likeness (QED) is 0.495. The lowest BCUT2D eigenvalue weighted by atomic mass is 10.0. The number of hydrogen-bond acceptors (Lipinski definition) is 5. The number of carbonyl (C=O) groups is 4. The van der Waals surface area contributed by atoms with Crippen LogP contribution in [-0.2, 0) is 20.8 Å². The van der Waals surface area contributed by atoms with Gasteiger partial charge in [0.25, 0.3) is 5.91 Å². The molecule has 0 fully saturated rings. The third-order valence-corrected chi connectivity index (χ3v) is 5.67. The van der Waals surface area contributed by atoms with Crippen molar-refractivity contribution in [2.45, 2.75) is 38.8 Å². The van der Waals surface area contributed by atoms with E-state index in [1.54, 1.807) is 50.2 Å². The number of amides is 4. The minimum Gasteiger partial charge on any atom is -0.491 e. The summed E-state index contributed by atoms with van der Waals surface area (Å²) in [6, 6.07) is 10.5. The van der Waals surface area contributed by atoms with E-state index >= 15 is 0 Å². The van der Waals surface area contributed by atoms with Crippen molar-refractivity contribution in [1.29, 1.82) is 0 Å². The van der Waals surface area contributed by atoms with Crippen molar-refractivity contribution in [3.05, 3.63) is 65.5 Å². The fraction of sp³-hybridized carbons (Fsp3) is 0.385. The van der Waals surface area contributed by atoms with Crippen LogP contribution in [0.3, 0.4) is 0 Å². The van der Waals surface area contributed by atoms with Crippen LogP contribution in [0.15, 0.2) is 48.5 Å². The molecule has 10 heteroatoms. The Kier molecular flexibility index (Phi) is 9.38. The van der Waals surface area contributed by atoms with E-state index in [0.717, 1.165) is 0 Å². The molecule has 2 aromatic carbocycles. The minimum absolute atomic E-state index is 0.110. The number of para-hydroxylation sites is 1. The van der Waals surface area contributed by atoms with Gasteiger partial charge in [-0.15, -0.1) is 0 Å². The van der Waals surface area contributed by atoms with Crippen molar-refractivity contribution in [3.63, 3.8) is 0 Å². The van der Waals surface area contributed by atoms with Crippen LogP contribution in [0.2, 0.25) is 0 Å². The summed E-state index contributed by atoms with van der Waals surface area (Å²) in [5, 5.41) is 10.7. The molecule has 36 heavy (non-hydrogen) atoms. The van der Waals surface area contributed by atoms with Crippen molar-refractivity contribution in [2.24, 2.45) is 5.92 Å². The van der Waals surface area contributed by atoms with Gasteiger partial charge in [0.05, 0.1) is 18.5 Å². The Morgan fingerprint density at radius 3 is 2.64 bits per heavy atom. The van der Waals surface area contributed by atoms with Gasteiger partial charge < -0.3 is 26.0 Å². The monoisotopic (exact) mass is 498 g/mol. The molecule has 1 aliphatic heterocycles. The highest BCUT2D eigenvalue weighted by molar-refractivity contribution is 6.01. The van der Waals surface area contributed by atoms with Crippen LogP contribution in [-0.4, -0.2) is 55.4 Å². The van der Waals surface area contributed by atoms with Gasteiger partial charge >= 0.3 is 0 Å². The van der Waals surface area contributed by atoms with Crippen molar-refractivity contribution in [1.82, 2.24) is 21.3 Å². The topological polar surface area (TPSA) is 126 Å². The van der Waals surface area contributed by atoms with Crippen LogP contribution in [0.25, 0.3) is 0 Å². The maximum Gasteiger partial charge on any atom is 0.255 e. The molecule has 2 aromatic rings. The van der Waals surface area contributed by atoms with Gasteiger partial charge in [-0.3, -0.25) is 19.2 Å². The van der Waals surface area contributed by atoms with Gasteiger partial charge in [0, 0.05) is 6.54 Å². The standard InChI is InChI=1S/C26H31FN4O5/c1-16(2)23-26(35)29-12-13-36-21-9-4-3-8-19(21)24(33)30-20(15-22(32)31-23)25(34)28-11-10-17-6-5-7-18(27)14-17/h3-9,14,16,20,23H,10-13,15H2,1-2H3,(H,28,34)(H,29,35)(H,30,33)(H,31,32)/t20-,23-/m0/s1. The predicted molar refractivity (Wildman–Crippen MR) is 131 cm³/mol. The first-order valence-corrected chi connectivity index (χ1v) is 11.9. The molecule has 4 amide bonds.